The van der Waals surface area contributed by atoms with Crippen molar-refractivity contribution in [3.8, 4) is 11.5 Å². The average Bonchev–Trinajstić information content (AvgIpc) is 3.12. The maximum atomic E-state index is 14.5. The SMILES string of the molecule is COc1cc(F)c(C(=O)Nc2c(C)cccc2C)cc1OC1CCCC1. The molecule has 0 saturated heterocycles. The zero-order chi connectivity index (χ0) is 18.7. The molecule has 0 aromatic heterocycles. The highest BCUT2D eigenvalue weighted by molar-refractivity contribution is 6.05. The second-order valence-electron chi connectivity index (χ2n) is 6.73. The molecule has 0 spiro atoms. The van der Waals surface area contributed by atoms with Crippen LogP contribution in [0.4, 0.5) is 10.1 Å². The van der Waals surface area contributed by atoms with E-state index in [9.17, 15) is 9.18 Å². The third kappa shape index (κ3) is 3.82. The molecular formula is C21H24FNO3. The highest BCUT2D eigenvalue weighted by atomic mass is 19.1. The largest absolute Gasteiger partial charge is 0.493 e. The van der Waals surface area contributed by atoms with Crippen molar-refractivity contribution in [2.75, 3.05) is 12.4 Å². The van der Waals surface area contributed by atoms with Crippen molar-refractivity contribution in [3.63, 3.8) is 0 Å². The van der Waals surface area contributed by atoms with Crippen molar-refractivity contribution in [3.05, 3.63) is 52.8 Å². The molecule has 1 fully saturated rings. The Kier molecular flexibility index (Phi) is 5.45. The number of anilines is 1. The molecule has 0 heterocycles. The van der Waals surface area contributed by atoms with Gasteiger partial charge >= 0.3 is 0 Å². The van der Waals surface area contributed by atoms with Gasteiger partial charge in [0.25, 0.3) is 5.91 Å². The summed E-state index contributed by atoms with van der Waals surface area (Å²) >= 11 is 0. The minimum atomic E-state index is -0.635. The van der Waals surface area contributed by atoms with Crippen LogP contribution in [-0.2, 0) is 0 Å². The predicted molar refractivity (Wildman–Crippen MR) is 99.7 cm³/mol. The molecule has 1 N–H and O–H groups in total. The van der Waals surface area contributed by atoms with Gasteiger partial charge in [-0.05, 0) is 56.7 Å². The van der Waals surface area contributed by atoms with Crippen LogP contribution in [0, 0.1) is 19.7 Å². The van der Waals surface area contributed by atoms with Gasteiger partial charge in [0.2, 0.25) is 0 Å². The fraction of sp³-hybridized carbons (Fsp3) is 0.381. The highest BCUT2D eigenvalue weighted by Crippen LogP contribution is 2.34. The fourth-order valence-electron chi connectivity index (χ4n) is 3.34. The van der Waals surface area contributed by atoms with Crippen molar-refractivity contribution in [1.29, 1.82) is 0 Å². The van der Waals surface area contributed by atoms with E-state index in [1.54, 1.807) is 0 Å². The molecular weight excluding hydrogens is 333 g/mol. The Labute approximate surface area is 153 Å². The summed E-state index contributed by atoms with van der Waals surface area (Å²) in [5, 5.41) is 2.82. The van der Waals surface area contributed by atoms with Crippen LogP contribution in [0.25, 0.3) is 0 Å². The number of aryl methyl sites for hydroxylation is 2. The zero-order valence-corrected chi connectivity index (χ0v) is 15.4. The van der Waals surface area contributed by atoms with Gasteiger partial charge in [-0.25, -0.2) is 4.39 Å². The molecule has 0 bridgehead atoms. The van der Waals surface area contributed by atoms with E-state index in [0.717, 1.165) is 36.8 Å². The number of para-hydroxylation sites is 1. The van der Waals surface area contributed by atoms with Crippen LogP contribution < -0.4 is 14.8 Å². The van der Waals surface area contributed by atoms with E-state index >= 15 is 0 Å². The zero-order valence-electron chi connectivity index (χ0n) is 15.4. The topological polar surface area (TPSA) is 47.6 Å². The fourth-order valence-corrected chi connectivity index (χ4v) is 3.34. The molecule has 3 rings (SSSR count). The first-order valence-electron chi connectivity index (χ1n) is 8.91. The van der Waals surface area contributed by atoms with Gasteiger partial charge in [0.15, 0.2) is 11.5 Å². The van der Waals surface area contributed by atoms with Gasteiger partial charge in [-0.1, -0.05) is 18.2 Å². The normalized spacial score (nSPS) is 14.3. The van der Waals surface area contributed by atoms with E-state index in [1.165, 1.54) is 19.2 Å². The van der Waals surface area contributed by atoms with E-state index in [0.29, 0.717) is 17.2 Å². The molecule has 1 saturated carbocycles. The summed E-state index contributed by atoms with van der Waals surface area (Å²) in [5.41, 5.74) is 2.50. The number of carbonyl (C=O) groups excluding carboxylic acids is 1. The van der Waals surface area contributed by atoms with Gasteiger partial charge in [0.05, 0.1) is 18.8 Å². The lowest BCUT2D eigenvalue weighted by atomic mass is 10.1. The van der Waals surface area contributed by atoms with Gasteiger partial charge < -0.3 is 14.8 Å². The van der Waals surface area contributed by atoms with Crippen LogP contribution in [0.15, 0.2) is 30.3 Å². The Morgan fingerprint density at radius 3 is 2.38 bits per heavy atom. The maximum absolute atomic E-state index is 14.5. The molecule has 26 heavy (non-hydrogen) atoms. The lowest BCUT2D eigenvalue weighted by Gasteiger charge is -2.18. The van der Waals surface area contributed by atoms with Crippen LogP contribution in [0.1, 0.15) is 47.2 Å². The van der Waals surface area contributed by atoms with Gasteiger partial charge in [0, 0.05) is 11.8 Å². The Bertz CT molecular complexity index is 793. The Hall–Kier alpha value is -2.56. The molecule has 0 unspecified atom stereocenters. The molecule has 0 radical (unpaired) electrons. The van der Waals surface area contributed by atoms with Crippen molar-refractivity contribution < 1.29 is 18.7 Å². The van der Waals surface area contributed by atoms with Crippen molar-refractivity contribution in [2.24, 2.45) is 0 Å². The number of carbonyl (C=O) groups is 1. The maximum Gasteiger partial charge on any atom is 0.258 e. The summed E-state index contributed by atoms with van der Waals surface area (Å²) in [6.45, 7) is 3.81. The summed E-state index contributed by atoms with van der Waals surface area (Å²) in [5.74, 6) is -0.423. The number of hydrogen-bond acceptors (Lipinski definition) is 3. The number of hydrogen-bond donors (Lipinski definition) is 1. The van der Waals surface area contributed by atoms with Crippen LogP contribution in [0.3, 0.4) is 0 Å². The lowest BCUT2D eigenvalue weighted by molar-refractivity contribution is 0.102. The molecule has 0 atom stereocenters. The molecule has 0 aliphatic heterocycles. The molecule has 1 aliphatic carbocycles. The molecule has 1 aliphatic rings. The Morgan fingerprint density at radius 1 is 1.12 bits per heavy atom. The Morgan fingerprint density at radius 2 is 1.77 bits per heavy atom. The summed E-state index contributed by atoms with van der Waals surface area (Å²) in [6.07, 6.45) is 4.25. The number of amides is 1. The third-order valence-corrected chi connectivity index (χ3v) is 4.81. The van der Waals surface area contributed by atoms with Gasteiger partial charge in [-0.3, -0.25) is 4.79 Å². The van der Waals surface area contributed by atoms with Crippen LogP contribution in [-0.4, -0.2) is 19.1 Å². The quantitative estimate of drug-likeness (QED) is 0.817. The number of rotatable bonds is 5. The van der Waals surface area contributed by atoms with E-state index in [2.05, 4.69) is 5.32 Å². The predicted octanol–water partition coefficient (Wildman–Crippen LogP) is 5.02. The molecule has 4 nitrogen and oxygen atoms in total. The van der Waals surface area contributed by atoms with Gasteiger partial charge in [-0.15, -0.1) is 0 Å². The summed E-state index contributed by atoms with van der Waals surface area (Å²) < 4.78 is 25.7. The van der Waals surface area contributed by atoms with Crippen molar-refractivity contribution in [2.45, 2.75) is 45.6 Å². The summed E-state index contributed by atoms with van der Waals surface area (Å²) in [6, 6.07) is 8.38. The Balaban J connectivity index is 1.89. The number of benzene rings is 2. The number of ether oxygens (including phenoxy) is 2. The standard InChI is InChI=1S/C21H24FNO3/c1-13-7-6-8-14(2)20(13)23-21(24)16-11-19(18(25-3)12-17(16)22)26-15-9-4-5-10-15/h6-8,11-12,15H,4-5,9-10H2,1-3H3,(H,23,24). The highest BCUT2D eigenvalue weighted by Gasteiger charge is 2.22. The van der Waals surface area contributed by atoms with Crippen LogP contribution in [0.5, 0.6) is 11.5 Å². The monoisotopic (exact) mass is 357 g/mol. The van der Waals surface area contributed by atoms with E-state index in [-0.39, 0.29) is 11.7 Å². The molecule has 138 valence electrons. The summed E-state index contributed by atoms with van der Waals surface area (Å²) in [4.78, 5) is 12.7. The minimum Gasteiger partial charge on any atom is -0.493 e. The third-order valence-electron chi connectivity index (χ3n) is 4.81. The first-order chi connectivity index (χ1) is 12.5. The van der Waals surface area contributed by atoms with Gasteiger partial charge in [0.1, 0.15) is 5.82 Å². The van der Waals surface area contributed by atoms with Crippen molar-refractivity contribution >= 4 is 11.6 Å². The number of nitrogens with one attached hydrogen (secondary N) is 1. The van der Waals surface area contributed by atoms with E-state index in [4.69, 9.17) is 9.47 Å². The molecule has 2 aromatic carbocycles. The van der Waals surface area contributed by atoms with E-state index in [1.807, 2.05) is 32.0 Å². The first kappa shape index (κ1) is 18.2. The minimum absolute atomic E-state index is 0.0542. The second-order valence-corrected chi connectivity index (χ2v) is 6.73. The average molecular weight is 357 g/mol. The van der Waals surface area contributed by atoms with Gasteiger partial charge in [-0.2, -0.15) is 0 Å². The second kappa shape index (κ2) is 7.77. The van der Waals surface area contributed by atoms with E-state index < -0.39 is 11.7 Å². The lowest BCUT2D eigenvalue weighted by Crippen LogP contribution is -2.17. The smallest absolute Gasteiger partial charge is 0.258 e. The number of halogens is 1. The molecule has 2 aromatic rings. The van der Waals surface area contributed by atoms with Crippen LogP contribution in [0.2, 0.25) is 0 Å². The molecule has 1 amide bonds. The summed E-state index contributed by atoms with van der Waals surface area (Å²) in [7, 11) is 1.46. The first-order valence-corrected chi connectivity index (χ1v) is 8.91. The number of methoxy groups -OCH3 is 1. The van der Waals surface area contributed by atoms with Crippen LogP contribution >= 0.6 is 0 Å². The molecule has 5 heteroatoms. The van der Waals surface area contributed by atoms with Crippen molar-refractivity contribution in [1.82, 2.24) is 0 Å².